The molecule has 0 aliphatic heterocycles. The molecule has 13 rings (SSSR count). The maximum atomic E-state index is 14.5. The molecule has 0 aliphatic carbocycles. The average Bonchev–Trinajstić information content (AvgIpc) is 4.01. The molecule has 0 saturated heterocycles. The van der Waals surface area contributed by atoms with E-state index in [1.54, 1.807) is 12.1 Å². The molecule has 13 aromatic rings. The summed E-state index contributed by atoms with van der Waals surface area (Å²) in [7, 11) is 0. The first-order valence-electron chi connectivity index (χ1n) is 24.8. The molecule has 74 heavy (non-hydrogen) atoms. The Morgan fingerprint density at radius 1 is 0.257 bits per heavy atom. The number of hydrogen-bond acceptors (Lipinski definition) is 4. The summed E-state index contributed by atoms with van der Waals surface area (Å²) in [5, 5.41) is 4.50. The van der Waals surface area contributed by atoms with Crippen LogP contribution in [-0.2, 0) is 0 Å². The predicted octanol–water partition coefficient (Wildman–Crippen LogP) is 17.3. The number of anilines is 6. The standard InChI is InChI=1S/C68H46N4O2/c73-67(47-33-37-53(38-34-47)71-63-31-17-15-27-57(63)61-45-55(41-43-65(61)71)69(49-19-5-1-6-20-49)50-21-7-2-8-22-50)59-29-13-14-30-60(59)68(74)48-35-39-54(40-36-48)72-64-32-18-16-28-58(64)62-46-56(42-44-66(62)72)70(51-23-9-3-10-24-51)52-25-11-4-12-26-52/h1-46H. The summed E-state index contributed by atoms with van der Waals surface area (Å²) in [5.74, 6) is -0.428. The highest BCUT2D eigenvalue weighted by Crippen LogP contribution is 2.42. The molecular weight excluding hydrogens is 905 g/mol. The van der Waals surface area contributed by atoms with E-state index in [1.165, 1.54) is 0 Å². The fourth-order valence-corrected chi connectivity index (χ4v) is 10.7. The molecule has 0 spiro atoms. The zero-order valence-electron chi connectivity index (χ0n) is 40.2. The van der Waals surface area contributed by atoms with Gasteiger partial charge in [-0.05, 0) is 146 Å². The van der Waals surface area contributed by atoms with Crippen molar-refractivity contribution in [1.29, 1.82) is 0 Å². The van der Waals surface area contributed by atoms with Gasteiger partial charge in [0.2, 0.25) is 0 Å². The van der Waals surface area contributed by atoms with Crippen LogP contribution in [0.25, 0.3) is 55.0 Å². The highest BCUT2D eigenvalue weighted by molar-refractivity contribution is 6.20. The number of para-hydroxylation sites is 6. The van der Waals surface area contributed by atoms with Crippen molar-refractivity contribution in [3.05, 3.63) is 301 Å². The van der Waals surface area contributed by atoms with Crippen LogP contribution in [0.4, 0.5) is 34.1 Å². The Balaban J connectivity index is 0.800. The van der Waals surface area contributed by atoms with Crippen molar-refractivity contribution in [3.8, 4) is 11.4 Å². The molecule has 0 aliphatic rings. The normalized spacial score (nSPS) is 11.4. The number of hydrogen-bond donors (Lipinski definition) is 0. The van der Waals surface area contributed by atoms with Gasteiger partial charge in [0.15, 0.2) is 11.6 Å². The first-order valence-corrected chi connectivity index (χ1v) is 24.8. The highest BCUT2D eigenvalue weighted by Gasteiger charge is 2.23. The van der Waals surface area contributed by atoms with Crippen LogP contribution in [-0.4, -0.2) is 20.7 Å². The Labute approximate surface area is 428 Å². The third kappa shape index (κ3) is 7.70. The van der Waals surface area contributed by atoms with Gasteiger partial charge in [0.05, 0.1) is 22.1 Å². The summed E-state index contributed by atoms with van der Waals surface area (Å²) in [6, 6.07) is 94.4. The number of carbonyl (C=O) groups excluding carboxylic acids is 2. The number of aromatic nitrogens is 2. The minimum Gasteiger partial charge on any atom is -0.310 e. The monoisotopic (exact) mass is 950 g/mol. The molecule has 2 aromatic heterocycles. The maximum absolute atomic E-state index is 14.5. The minimum atomic E-state index is -0.214. The van der Waals surface area contributed by atoms with Crippen molar-refractivity contribution < 1.29 is 9.59 Å². The van der Waals surface area contributed by atoms with E-state index in [4.69, 9.17) is 0 Å². The van der Waals surface area contributed by atoms with E-state index in [2.05, 4.69) is 201 Å². The molecule has 0 radical (unpaired) electrons. The maximum Gasteiger partial charge on any atom is 0.193 e. The molecular formula is C68H46N4O2. The second kappa shape index (κ2) is 18.6. The SMILES string of the molecule is O=C(c1ccc(-n2c3ccccc3c3cc(N(c4ccccc4)c4ccccc4)ccc32)cc1)c1ccccc1C(=O)c1ccc(-n2c3ccccc3c3cc(N(c4ccccc4)c4ccccc4)ccc32)cc1. The van der Waals surface area contributed by atoms with Gasteiger partial charge in [-0.1, -0.05) is 133 Å². The fraction of sp³-hybridized carbons (Fsp3) is 0. The molecule has 6 heteroatoms. The van der Waals surface area contributed by atoms with E-state index in [0.29, 0.717) is 22.3 Å². The largest absolute Gasteiger partial charge is 0.310 e. The molecule has 0 bridgehead atoms. The van der Waals surface area contributed by atoms with Crippen molar-refractivity contribution >= 4 is 89.3 Å². The van der Waals surface area contributed by atoms with Crippen molar-refractivity contribution in [1.82, 2.24) is 9.13 Å². The molecule has 0 fully saturated rings. The van der Waals surface area contributed by atoms with E-state index in [9.17, 15) is 9.59 Å². The van der Waals surface area contributed by atoms with Gasteiger partial charge in [-0.2, -0.15) is 0 Å². The van der Waals surface area contributed by atoms with Crippen LogP contribution in [0.1, 0.15) is 31.8 Å². The predicted molar refractivity (Wildman–Crippen MR) is 304 cm³/mol. The number of ketones is 2. The van der Waals surface area contributed by atoms with Crippen molar-refractivity contribution in [2.75, 3.05) is 9.80 Å². The van der Waals surface area contributed by atoms with Crippen LogP contribution < -0.4 is 9.80 Å². The molecule has 6 nitrogen and oxygen atoms in total. The Hall–Kier alpha value is -10.0. The summed E-state index contributed by atoms with van der Waals surface area (Å²) in [6.45, 7) is 0. The third-order valence-electron chi connectivity index (χ3n) is 14.1. The van der Waals surface area contributed by atoms with Crippen LogP contribution in [0.15, 0.2) is 279 Å². The summed E-state index contributed by atoms with van der Waals surface area (Å²) in [6.07, 6.45) is 0. The van der Waals surface area contributed by atoms with Gasteiger partial charge < -0.3 is 18.9 Å². The quantitative estimate of drug-likeness (QED) is 0.115. The fourth-order valence-electron chi connectivity index (χ4n) is 10.7. The topological polar surface area (TPSA) is 50.5 Å². The van der Waals surface area contributed by atoms with E-state index in [0.717, 1.165) is 89.1 Å². The van der Waals surface area contributed by atoms with Crippen molar-refractivity contribution in [2.24, 2.45) is 0 Å². The van der Waals surface area contributed by atoms with E-state index in [-0.39, 0.29) is 11.6 Å². The van der Waals surface area contributed by atoms with Gasteiger partial charge in [0, 0.05) is 89.3 Å². The number of fused-ring (bicyclic) bond motifs is 6. The second-order valence-electron chi connectivity index (χ2n) is 18.4. The van der Waals surface area contributed by atoms with E-state index >= 15 is 0 Å². The molecule has 2 heterocycles. The van der Waals surface area contributed by atoms with Gasteiger partial charge in [-0.15, -0.1) is 0 Å². The molecule has 0 saturated carbocycles. The molecule has 0 amide bonds. The van der Waals surface area contributed by atoms with Crippen LogP contribution in [0.3, 0.4) is 0 Å². The van der Waals surface area contributed by atoms with Crippen LogP contribution in [0.5, 0.6) is 0 Å². The zero-order valence-corrected chi connectivity index (χ0v) is 40.2. The van der Waals surface area contributed by atoms with Crippen molar-refractivity contribution in [2.45, 2.75) is 0 Å². The van der Waals surface area contributed by atoms with E-state index in [1.807, 2.05) is 84.9 Å². The van der Waals surface area contributed by atoms with Crippen molar-refractivity contribution in [3.63, 3.8) is 0 Å². The molecule has 0 unspecified atom stereocenters. The van der Waals surface area contributed by atoms with Gasteiger partial charge in [-0.25, -0.2) is 0 Å². The number of carbonyl (C=O) groups is 2. The lowest BCUT2D eigenvalue weighted by Crippen LogP contribution is -2.11. The number of nitrogens with zero attached hydrogens (tertiary/aromatic N) is 4. The Kier molecular flexibility index (Phi) is 11.1. The average molecular weight is 951 g/mol. The van der Waals surface area contributed by atoms with Gasteiger partial charge in [-0.3, -0.25) is 9.59 Å². The molecule has 350 valence electrons. The Morgan fingerprint density at radius 3 is 0.905 bits per heavy atom. The lowest BCUT2D eigenvalue weighted by molar-refractivity contribution is 0.100. The number of rotatable bonds is 12. The summed E-state index contributed by atoms with van der Waals surface area (Å²) in [4.78, 5) is 33.5. The molecule has 0 N–H and O–H groups in total. The lowest BCUT2D eigenvalue weighted by atomic mass is 9.93. The summed E-state index contributed by atoms with van der Waals surface area (Å²) in [5.41, 5.74) is 14.2. The van der Waals surface area contributed by atoms with Gasteiger partial charge >= 0.3 is 0 Å². The Morgan fingerprint density at radius 2 is 0.554 bits per heavy atom. The number of benzene rings is 11. The first-order chi connectivity index (χ1) is 36.6. The summed E-state index contributed by atoms with van der Waals surface area (Å²) >= 11 is 0. The zero-order chi connectivity index (χ0) is 49.5. The minimum absolute atomic E-state index is 0.214. The van der Waals surface area contributed by atoms with Crippen LogP contribution in [0.2, 0.25) is 0 Å². The highest BCUT2D eigenvalue weighted by atomic mass is 16.1. The van der Waals surface area contributed by atoms with E-state index < -0.39 is 0 Å². The smallest absolute Gasteiger partial charge is 0.193 e. The lowest BCUT2D eigenvalue weighted by Gasteiger charge is -2.25. The van der Waals surface area contributed by atoms with Gasteiger partial charge in [0.1, 0.15) is 0 Å². The van der Waals surface area contributed by atoms with Crippen LogP contribution in [0, 0.1) is 0 Å². The first kappa shape index (κ1) is 43.9. The molecule has 0 atom stereocenters. The van der Waals surface area contributed by atoms with Crippen LogP contribution >= 0.6 is 0 Å². The molecule has 11 aromatic carbocycles. The Bertz CT molecular complexity index is 3850. The van der Waals surface area contributed by atoms with Gasteiger partial charge in [0.25, 0.3) is 0 Å². The third-order valence-corrected chi connectivity index (χ3v) is 14.1. The summed E-state index contributed by atoms with van der Waals surface area (Å²) < 4.78 is 4.50. The second-order valence-corrected chi connectivity index (χ2v) is 18.4.